The summed E-state index contributed by atoms with van der Waals surface area (Å²) in [6, 6.07) is 16.3. The van der Waals surface area contributed by atoms with Crippen LogP contribution in [0, 0.1) is 0 Å². The van der Waals surface area contributed by atoms with Crippen LogP contribution in [0.1, 0.15) is 25.0 Å². The first-order valence-electron chi connectivity index (χ1n) is 9.84. The minimum atomic E-state index is -0.918. The molecule has 1 fully saturated rings. The molecule has 1 saturated heterocycles. The van der Waals surface area contributed by atoms with Gasteiger partial charge in [-0.2, -0.15) is 0 Å². The van der Waals surface area contributed by atoms with Crippen LogP contribution >= 0.6 is 0 Å². The average molecular weight is 397 g/mol. The van der Waals surface area contributed by atoms with Crippen LogP contribution in [0.5, 0.6) is 5.75 Å². The number of hydrogen-bond acceptors (Lipinski definition) is 5. The number of nitrogens with zero attached hydrogens (tertiary/aromatic N) is 1. The van der Waals surface area contributed by atoms with E-state index in [9.17, 15) is 14.7 Å². The lowest BCUT2D eigenvalue weighted by Crippen LogP contribution is -2.50. The highest BCUT2D eigenvalue weighted by atomic mass is 16.5. The van der Waals surface area contributed by atoms with Gasteiger partial charge in [0.15, 0.2) is 12.5 Å². The molecule has 2 aromatic carbocycles. The van der Waals surface area contributed by atoms with Gasteiger partial charge in [0, 0.05) is 6.42 Å². The molecule has 0 aliphatic carbocycles. The van der Waals surface area contributed by atoms with Crippen LogP contribution in [0.4, 0.5) is 0 Å². The molecule has 0 spiro atoms. The SMILES string of the molecule is CC(C)O[C@@H](Cc1cccc(O)c1)C(=O)N1C(Cc2ccccc2)COC1C=O. The van der Waals surface area contributed by atoms with Crippen molar-refractivity contribution in [3.63, 3.8) is 0 Å². The number of benzene rings is 2. The smallest absolute Gasteiger partial charge is 0.254 e. The van der Waals surface area contributed by atoms with E-state index in [0.29, 0.717) is 25.7 Å². The Morgan fingerprint density at radius 3 is 2.59 bits per heavy atom. The van der Waals surface area contributed by atoms with Gasteiger partial charge in [0.25, 0.3) is 5.91 Å². The van der Waals surface area contributed by atoms with Crippen molar-refractivity contribution in [3.05, 3.63) is 65.7 Å². The van der Waals surface area contributed by atoms with E-state index >= 15 is 0 Å². The molecule has 1 aliphatic heterocycles. The van der Waals surface area contributed by atoms with E-state index in [-0.39, 0.29) is 23.8 Å². The van der Waals surface area contributed by atoms with Gasteiger partial charge in [0.1, 0.15) is 11.9 Å². The van der Waals surface area contributed by atoms with Gasteiger partial charge in [-0.3, -0.25) is 9.59 Å². The first kappa shape index (κ1) is 21.0. The number of carbonyl (C=O) groups excluding carboxylic acids is 2. The first-order valence-corrected chi connectivity index (χ1v) is 9.84. The zero-order valence-electron chi connectivity index (χ0n) is 16.7. The Labute approximate surface area is 171 Å². The van der Waals surface area contributed by atoms with Crippen LogP contribution in [0.3, 0.4) is 0 Å². The molecule has 3 atom stereocenters. The summed E-state index contributed by atoms with van der Waals surface area (Å²) in [5, 5.41) is 9.74. The molecule has 0 aromatic heterocycles. The highest BCUT2D eigenvalue weighted by Crippen LogP contribution is 2.24. The molecular weight excluding hydrogens is 370 g/mol. The maximum atomic E-state index is 13.4. The Morgan fingerprint density at radius 1 is 1.21 bits per heavy atom. The lowest BCUT2D eigenvalue weighted by molar-refractivity contribution is -0.155. The van der Waals surface area contributed by atoms with Gasteiger partial charge in [-0.05, 0) is 43.5 Å². The molecule has 29 heavy (non-hydrogen) atoms. The molecule has 154 valence electrons. The van der Waals surface area contributed by atoms with E-state index in [1.165, 1.54) is 4.90 Å². The number of ether oxygens (including phenoxy) is 2. The number of carbonyl (C=O) groups is 2. The summed E-state index contributed by atoms with van der Waals surface area (Å²) in [5.41, 5.74) is 1.85. The van der Waals surface area contributed by atoms with Crippen LogP contribution in [0.2, 0.25) is 0 Å². The summed E-state index contributed by atoms with van der Waals surface area (Å²) in [4.78, 5) is 26.5. The van der Waals surface area contributed by atoms with Gasteiger partial charge >= 0.3 is 0 Å². The van der Waals surface area contributed by atoms with Gasteiger partial charge in [0.2, 0.25) is 0 Å². The minimum Gasteiger partial charge on any atom is -0.508 e. The second-order valence-corrected chi connectivity index (χ2v) is 7.50. The van der Waals surface area contributed by atoms with Gasteiger partial charge in [-0.25, -0.2) is 0 Å². The Kier molecular flexibility index (Phi) is 7.01. The number of phenols is 1. The quantitative estimate of drug-likeness (QED) is 0.693. The predicted octanol–water partition coefficient (Wildman–Crippen LogP) is 2.72. The second-order valence-electron chi connectivity index (χ2n) is 7.50. The zero-order chi connectivity index (χ0) is 20.8. The molecule has 0 saturated carbocycles. The highest BCUT2D eigenvalue weighted by molar-refractivity contribution is 5.84. The number of aromatic hydroxyl groups is 1. The number of hydrogen-bond donors (Lipinski definition) is 1. The van der Waals surface area contributed by atoms with Gasteiger partial charge < -0.3 is 19.5 Å². The lowest BCUT2D eigenvalue weighted by Gasteiger charge is -2.30. The molecule has 1 amide bonds. The van der Waals surface area contributed by atoms with Crippen molar-refractivity contribution in [3.8, 4) is 5.75 Å². The second kappa shape index (κ2) is 9.67. The molecule has 6 nitrogen and oxygen atoms in total. The third kappa shape index (κ3) is 5.43. The summed E-state index contributed by atoms with van der Waals surface area (Å²) in [6.07, 6.45) is -0.322. The summed E-state index contributed by atoms with van der Waals surface area (Å²) >= 11 is 0. The van der Waals surface area contributed by atoms with Crippen molar-refractivity contribution in [1.29, 1.82) is 0 Å². The molecule has 1 N–H and O–H groups in total. The average Bonchev–Trinajstić information content (AvgIpc) is 3.10. The van der Waals surface area contributed by atoms with Crippen molar-refractivity contribution in [2.24, 2.45) is 0 Å². The van der Waals surface area contributed by atoms with Crippen molar-refractivity contribution in [1.82, 2.24) is 4.90 Å². The Bertz CT molecular complexity index is 823. The van der Waals surface area contributed by atoms with Crippen molar-refractivity contribution >= 4 is 12.2 Å². The topological polar surface area (TPSA) is 76.1 Å². The van der Waals surface area contributed by atoms with Crippen molar-refractivity contribution < 1.29 is 24.2 Å². The number of aldehydes is 1. The maximum Gasteiger partial charge on any atom is 0.254 e. The fourth-order valence-corrected chi connectivity index (χ4v) is 3.62. The Balaban J connectivity index is 1.82. The Morgan fingerprint density at radius 2 is 1.93 bits per heavy atom. The number of rotatable bonds is 8. The maximum absolute atomic E-state index is 13.4. The summed E-state index contributed by atoms with van der Waals surface area (Å²) < 4.78 is 11.5. The van der Waals surface area contributed by atoms with Crippen LogP contribution in [0.25, 0.3) is 0 Å². The Hall–Kier alpha value is -2.70. The molecular formula is C23H27NO5. The highest BCUT2D eigenvalue weighted by Gasteiger charge is 2.41. The normalized spacial score (nSPS) is 20.0. The van der Waals surface area contributed by atoms with Gasteiger partial charge in [-0.1, -0.05) is 42.5 Å². The van der Waals surface area contributed by atoms with E-state index in [2.05, 4.69) is 0 Å². The molecule has 1 aliphatic rings. The van der Waals surface area contributed by atoms with E-state index in [4.69, 9.17) is 9.47 Å². The van der Waals surface area contributed by atoms with E-state index < -0.39 is 12.3 Å². The summed E-state index contributed by atoms with van der Waals surface area (Å²) in [7, 11) is 0. The molecule has 2 aromatic rings. The van der Waals surface area contributed by atoms with Crippen LogP contribution < -0.4 is 0 Å². The third-order valence-electron chi connectivity index (χ3n) is 4.86. The lowest BCUT2D eigenvalue weighted by atomic mass is 10.0. The summed E-state index contributed by atoms with van der Waals surface area (Å²) in [5.74, 6) is -0.145. The predicted molar refractivity (Wildman–Crippen MR) is 108 cm³/mol. The zero-order valence-corrected chi connectivity index (χ0v) is 16.7. The van der Waals surface area contributed by atoms with E-state index in [0.717, 1.165) is 11.1 Å². The molecule has 0 radical (unpaired) electrons. The molecule has 1 heterocycles. The first-order chi connectivity index (χ1) is 14.0. The fraction of sp³-hybridized carbons (Fsp3) is 0.391. The minimum absolute atomic E-state index is 0.135. The molecule has 3 rings (SSSR count). The van der Waals surface area contributed by atoms with E-state index in [1.807, 2.05) is 50.2 Å². The standard InChI is InChI=1S/C23H27NO5/c1-16(2)29-21(13-18-9-6-10-20(26)12-18)23(27)24-19(15-28-22(24)14-25)11-17-7-4-3-5-8-17/h3-10,12,14,16,19,21-22,26H,11,13,15H2,1-2H3/t19?,21-,22?/m0/s1. The van der Waals surface area contributed by atoms with E-state index in [1.54, 1.807) is 18.2 Å². The van der Waals surface area contributed by atoms with Crippen LogP contribution in [-0.2, 0) is 31.9 Å². The number of amides is 1. The molecule has 0 bridgehead atoms. The third-order valence-corrected chi connectivity index (χ3v) is 4.86. The largest absolute Gasteiger partial charge is 0.508 e. The van der Waals surface area contributed by atoms with Gasteiger partial charge in [0.05, 0.1) is 18.8 Å². The monoisotopic (exact) mass is 397 g/mol. The van der Waals surface area contributed by atoms with Crippen LogP contribution in [-0.4, -0.2) is 53.3 Å². The molecule has 2 unspecified atom stereocenters. The molecule has 6 heteroatoms. The van der Waals surface area contributed by atoms with Gasteiger partial charge in [-0.15, -0.1) is 0 Å². The fourth-order valence-electron chi connectivity index (χ4n) is 3.62. The van der Waals surface area contributed by atoms with Crippen LogP contribution in [0.15, 0.2) is 54.6 Å². The van der Waals surface area contributed by atoms with Crippen molar-refractivity contribution in [2.75, 3.05) is 6.61 Å². The number of phenolic OH excluding ortho intramolecular Hbond substituents is 1. The summed E-state index contributed by atoms with van der Waals surface area (Å²) in [6.45, 7) is 4.02. The van der Waals surface area contributed by atoms with Crippen molar-refractivity contribution in [2.45, 2.75) is 51.2 Å².